The van der Waals surface area contributed by atoms with Crippen LogP contribution in [0.3, 0.4) is 0 Å². The van der Waals surface area contributed by atoms with Crippen LogP contribution in [-0.2, 0) is 6.61 Å². The second kappa shape index (κ2) is 6.90. The number of nitroso groups, excluding NO2 is 1. The van der Waals surface area contributed by atoms with E-state index in [-0.39, 0.29) is 18.0 Å². The van der Waals surface area contributed by atoms with Gasteiger partial charge in [0.1, 0.15) is 18.1 Å². The molecule has 1 aromatic heterocycles. The fraction of sp³-hybridized carbons (Fsp3) is 0.0625. The van der Waals surface area contributed by atoms with Crippen LogP contribution in [0.1, 0.15) is 5.69 Å². The first kappa shape index (κ1) is 16.3. The van der Waals surface area contributed by atoms with Crippen LogP contribution in [0.25, 0.3) is 5.69 Å². The number of hydrogen-bond donors (Lipinski definition) is 1. The summed E-state index contributed by atoms with van der Waals surface area (Å²) in [4.78, 5) is 23.3. The number of para-hydroxylation sites is 1. The average molecular weight is 364 g/mol. The molecule has 0 aliphatic rings. The van der Waals surface area contributed by atoms with Crippen molar-refractivity contribution in [3.05, 3.63) is 79.5 Å². The van der Waals surface area contributed by atoms with E-state index in [1.807, 2.05) is 6.07 Å². The highest BCUT2D eigenvalue weighted by atomic mass is 35.5. The molecule has 0 saturated carbocycles. The summed E-state index contributed by atoms with van der Waals surface area (Å²) in [6.07, 6.45) is 0. The molecule has 6 nitrogen and oxygen atoms in total. The molecule has 0 saturated heterocycles. The Morgan fingerprint density at radius 1 is 1.12 bits per heavy atom. The Morgan fingerprint density at radius 2 is 1.88 bits per heavy atom. The molecule has 122 valence electrons. The van der Waals surface area contributed by atoms with Gasteiger partial charge in [0.05, 0.1) is 10.7 Å². The molecule has 0 radical (unpaired) electrons. The summed E-state index contributed by atoms with van der Waals surface area (Å²) >= 11 is 11.9. The van der Waals surface area contributed by atoms with Crippen molar-refractivity contribution < 1.29 is 4.74 Å². The third-order valence-corrected chi connectivity index (χ3v) is 3.84. The predicted octanol–water partition coefficient (Wildman–Crippen LogP) is 4.45. The van der Waals surface area contributed by atoms with Gasteiger partial charge in [-0.15, -0.1) is 4.91 Å². The van der Waals surface area contributed by atoms with Crippen molar-refractivity contribution in [2.45, 2.75) is 6.61 Å². The second-order valence-corrected chi connectivity index (χ2v) is 5.71. The Labute approximate surface area is 146 Å². The van der Waals surface area contributed by atoms with Gasteiger partial charge >= 0.3 is 5.56 Å². The van der Waals surface area contributed by atoms with E-state index in [0.29, 0.717) is 21.5 Å². The van der Waals surface area contributed by atoms with Crippen LogP contribution in [0.4, 0.5) is 5.69 Å². The largest absolute Gasteiger partial charge is 0.486 e. The molecule has 0 fully saturated rings. The molecular weight excluding hydrogens is 353 g/mol. The maximum Gasteiger partial charge on any atom is 0.301 e. The van der Waals surface area contributed by atoms with Crippen LogP contribution < -0.4 is 10.3 Å². The van der Waals surface area contributed by atoms with Gasteiger partial charge in [0, 0.05) is 5.02 Å². The summed E-state index contributed by atoms with van der Waals surface area (Å²) in [5.41, 5.74) is 0.0639. The monoisotopic (exact) mass is 363 g/mol. The highest BCUT2D eigenvalue weighted by Gasteiger charge is 2.17. The molecule has 3 aromatic rings. The SMILES string of the molecule is O=Nc1c(COc2ccc(Cl)cc2Cl)[nH]n(-c2ccccc2)c1=O. The third-order valence-electron chi connectivity index (χ3n) is 3.31. The summed E-state index contributed by atoms with van der Waals surface area (Å²) in [5, 5.41) is 6.46. The lowest BCUT2D eigenvalue weighted by molar-refractivity contribution is 0.301. The minimum atomic E-state index is -0.544. The number of nitrogens with one attached hydrogen (secondary N) is 1. The summed E-state index contributed by atoms with van der Waals surface area (Å²) in [6, 6.07) is 13.6. The molecule has 2 aromatic carbocycles. The van der Waals surface area contributed by atoms with Gasteiger partial charge in [0.25, 0.3) is 0 Å². The Kier molecular flexibility index (Phi) is 4.69. The van der Waals surface area contributed by atoms with Crippen LogP contribution in [0.15, 0.2) is 58.5 Å². The van der Waals surface area contributed by atoms with Gasteiger partial charge in [-0.25, -0.2) is 4.68 Å². The van der Waals surface area contributed by atoms with Gasteiger partial charge < -0.3 is 4.74 Å². The van der Waals surface area contributed by atoms with E-state index in [1.165, 1.54) is 10.7 Å². The highest BCUT2D eigenvalue weighted by Crippen LogP contribution is 2.28. The zero-order valence-electron chi connectivity index (χ0n) is 12.2. The second-order valence-electron chi connectivity index (χ2n) is 4.87. The van der Waals surface area contributed by atoms with Crippen LogP contribution in [-0.4, -0.2) is 9.78 Å². The van der Waals surface area contributed by atoms with Crippen molar-refractivity contribution >= 4 is 28.9 Å². The minimum Gasteiger partial charge on any atom is -0.486 e. The first-order valence-electron chi connectivity index (χ1n) is 6.90. The Balaban J connectivity index is 1.91. The normalized spacial score (nSPS) is 10.6. The molecular formula is C16H11Cl2N3O3. The topological polar surface area (TPSA) is 76.4 Å². The number of rotatable bonds is 5. The first-order chi connectivity index (χ1) is 11.6. The van der Waals surface area contributed by atoms with Crippen LogP contribution >= 0.6 is 23.2 Å². The lowest BCUT2D eigenvalue weighted by Crippen LogP contribution is -2.13. The minimum absolute atomic E-state index is 0.0719. The molecule has 0 atom stereocenters. The van der Waals surface area contributed by atoms with Crippen LogP contribution in [0.2, 0.25) is 10.0 Å². The summed E-state index contributed by atoms with van der Waals surface area (Å²) in [7, 11) is 0. The van der Waals surface area contributed by atoms with E-state index in [9.17, 15) is 9.70 Å². The first-order valence-corrected chi connectivity index (χ1v) is 7.66. The summed E-state index contributed by atoms with van der Waals surface area (Å²) < 4.78 is 6.79. The van der Waals surface area contributed by atoms with Crippen molar-refractivity contribution in [3.63, 3.8) is 0 Å². The average Bonchev–Trinajstić information content (AvgIpc) is 2.90. The van der Waals surface area contributed by atoms with Crippen molar-refractivity contribution in [3.8, 4) is 11.4 Å². The van der Waals surface area contributed by atoms with Gasteiger partial charge in [-0.2, -0.15) is 0 Å². The van der Waals surface area contributed by atoms with E-state index in [0.717, 1.165) is 0 Å². The molecule has 0 bridgehead atoms. The lowest BCUT2D eigenvalue weighted by atomic mass is 10.3. The number of ether oxygens (including phenoxy) is 1. The fourth-order valence-electron chi connectivity index (χ4n) is 2.17. The molecule has 0 aliphatic carbocycles. The molecule has 1 N–H and O–H groups in total. The number of H-pyrrole nitrogens is 1. The molecule has 24 heavy (non-hydrogen) atoms. The predicted molar refractivity (Wildman–Crippen MR) is 92.6 cm³/mol. The number of halogens is 2. The standard InChI is InChI=1S/C16H11Cl2N3O3/c17-10-6-7-14(12(18)8-10)24-9-13-15(20-23)16(22)21(19-13)11-4-2-1-3-5-11/h1-8,19H,9H2. The highest BCUT2D eigenvalue weighted by molar-refractivity contribution is 6.35. The Hall–Kier alpha value is -2.57. The van der Waals surface area contributed by atoms with E-state index in [4.69, 9.17) is 27.9 Å². The summed E-state index contributed by atoms with van der Waals surface area (Å²) in [5.74, 6) is 0.381. The zero-order valence-corrected chi connectivity index (χ0v) is 13.7. The van der Waals surface area contributed by atoms with Crippen LogP contribution in [0.5, 0.6) is 5.75 Å². The quantitative estimate of drug-likeness (QED) is 0.680. The molecule has 0 aliphatic heterocycles. The molecule has 3 rings (SSSR count). The van der Waals surface area contributed by atoms with E-state index < -0.39 is 5.56 Å². The van der Waals surface area contributed by atoms with Crippen molar-refractivity contribution in [1.82, 2.24) is 9.78 Å². The molecule has 0 amide bonds. The van der Waals surface area contributed by atoms with Gasteiger partial charge in [-0.05, 0) is 35.5 Å². The number of nitrogens with zero attached hydrogens (tertiary/aromatic N) is 2. The van der Waals surface area contributed by atoms with E-state index >= 15 is 0 Å². The lowest BCUT2D eigenvalue weighted by Gasteiger charge is -2.07. The molecule has 0 spiro atoms. The maximum absolute atomic E-state index is 12.3. The number of aromatic nitrogens is 2. The van der Waals surface area contributed by atoms with Gasteiger partial charge in [0.15, 0.2) is 5.69 Å². The smallest absolute Gasteiger partial charge is 0.301 e. The van der Waals surface area contributed by atoms with Crippen molar-refractivity contribution in [2.24, 2.45) is 5.18 Å². The van der Waals surface area contributed by atoms with Crippen molar-refractivity contribution in [2.75, 3.05) is 0 Å². The zero-order chi connectivity index (χ0) is 17.1. The number of hydrogen-bond acceptors (Lipinski definition) is 4. The van der Waals surface area contributed by atoms with Crippen molar-refractivity contribution in [1.29, 1.82) is 0 Å². The van der Waals surface area contributed by atoms with Gasteiger partial charge in [0.2, 0.25) is 0 Å². The summed E-state index contributed by atoms with van der Waals surface area (Å²) in [6.45, 7) is -0.0719. The van der Waals surface area contributed by atoms with E-state index in [2.05, 4.69) is 10.3 Å². The molecule has 1 heterocycles. The Bertz CT molecular complexity index is 935. The maximum atomic E-state index is 12.3. The van der Waals surface area contributed by atoms with Crippen LogP contribution in [0, 0.1) is 4.91 Å². The molecule has 8 heteroatoms. The Morgan fingerprint density at radius 3 is 2.54 bits per heavy atom. The van der Waals surface area contributed by atoms with E-state index in [1.54, 1.807) is 36.4 Å². The fourth-order valence-corrected chi connectivity index (χ4v) is 2.63. The molecule has 0 unspecified atom stereocenters. The number of benzene rings is 2. The van der Waals surface area contributed by atoms with Gasteiger partial charge in [-0.3, -0.25) is 9.89 Å². The number of aromatic amines is 1. The third kappa shape index (κ3) is 3.20. The van der Waals surface area contributed by atoms with Gasteiger partial charge in [-0.1, -0.05) is 41.4 Å².